The van der Waals surface area contributed by atoms with Crippen molar-refractivity contribution in [3.05, 3.63) is 0 Å². The van der Waals surface area contributed by atoms with E-state index in [0.29, 0.717) is 0 Å². The molecule has 0 bridgehead atoms. The SMILES string of the molecule is NC(=O)NC(F)(F)C(F)(F)C(F)(F)C(F)(F)C(F)(F)CCC(F)(F)F. The van der Waals surface area contributed by atoms with Crippen LogP contribution in [0, 0.1) is 0 Å². The minimum atomic E-state index is -7.58. The summed E-state index contributed by atoms with van der Waals surface area (Å²) >= 11 is 0. The fraction of sp³-hybridized carbons (Fsp3) is 0.889. The molecule has 0 aromatic heterocycles. The fourth-order valence-corrected chi connectivity index (χ4v) is 1.31. The highest BCUT2D eigenvalue weighted by Crippen LogP contribution is 2.57. The molecule has 0 aliphatic heterocycles. The van der Waals surface area contributed by atoms with Gasteiger partial charge in [0.1, 0.15) is 0 Å². The number of amides is 2. The first-order valence-corrected chi connectivity index (χ1v) is 5.66. The van der Waals surface area contributed by atoms with E-state index in [-0.39, 0.29) is 5.32 Å². The van der Waals surface area contributed by atoms with E-state index < -0.39 is 54.8 Å². The molecule has 16 heteroatoms. The molecule has 0 spiro atoms. The summed E-state index contributed by atoms with van der Waals surface area (Å²) in [6, 6.07) is -9.14. The molecule has 0 aliphatic carbocycles. The number of nitrogens with two attached hydrogens (primary N) is 1. The summed E-state index contributed by atoms with van der Waals surface area (Å²) in [5.74, 6) is -28.7. The quantitative estimate of drug-likeness (QED) is 0.485. The van der Waals surface area contributed by atoms with Gasteiger partial charge >= 0.3 is 41.9 Å². The molecule has 0 saturated heterocycles. The van der Waals surface area contributed by atoms with Gasteiger partial charge in [0.2, 0.25) is 0 Å². The van der Waals surface area contributed by atoms with Gasteiger partial charge < -0.3 is 5.73 Å². The van der Waals surface area contributed by atoms with Crippen molar-refractivity contribution in [2.45, 2.75) is 48.8 Å². The second-order valence-corrected chi connectivity index (χ2v) is 4.61. The van der Waals surface area contributed by atoms with E-state index in [4.69, 9.17) is 0 Å². The Morgan fingerprint density at radius 1 is 0.680 bits per heavy atom. The molecule has 0 fully saturated rings. The molecule has 0 radical (unpaired) electrons. The third-order valence-corrected chi connectivity index (χ3v) is 2.65. The molecule has 25 heavy (non-hydrogen) atoms. The molecule has 3 N–H and O–H groups in total. The Bertz CT molecular complexity index is 498. The minimum absolute atomic E-state index is 0.337. The van der Waals surface area contributed by atoms with Crippen LogP contribution in [0.4, 0.5) is 61.9 Å². The van der Waals surface area contributed by atoms with Crippen molar-refractivity contribution in [1.82, 2.24) is 5.32 Å². The summed E-state index contributed by atoms with van der Waals surface area (Å²) in [7, 11) is 0. The molecule has 0 aromatic carbocycles. The molecule has 0 aromatic rings. The molecular formula is C9H7F13N2O. The monoisotopic (exact) mass is 406 g/mol. The van der Waals surface area contributed by atoms with Crippen LogP contribution in [0.15, 0.2) is 0 Å². The molecule has 0 atom stereocenters. The number of carbonyl (C=O) groups excluding carboxylic acids is 1. The third kappa shape index (κ3) is 4.31. The van der Waals surface area contributed by atoms with Crippen molar-refractivity contribution in [2.75, 3.05) is 0 Å². The Labute approximate surface area is 129 Å². The van der Waals surface area contributed by atoms with Crippen molar-refractivity contribution >= 4 is 6.03 Å². The largest absolute Gasteiger partial charge is 0.398 e. The Morgan fingerprint density at radius 3 is 1.40 bits per heavy atom. The third-order valence-electron chi connectivity index (χ3n) is 2.65. The van der Waals surface area contributed by atoms with Crippen LogP contribution in [0.2, 0.25) is 0 Å². The maximum Gasteiger partial charge on any atom is 0.398 e. The van der Waals surface area contributed by atoms with Gasteiger partial charge in [0, 0.05) is 12.8 Å². The lowest BCUT2D eigenvalue weighted by Crippen LogP contribution is -2.71. The molecule has 150 valence electrons. The smallest absolute Gasteiger partial charge is 0.352 e. The average molecular weight is 406 g/mol. The van der Waals surface area contributed by atoms with Gasteiger partial charge in [-0.1, -0.05) is 0 Å². The number of urea groups is 1. The maximum atomic E-state index is 13.1. The van der Waals surface area contributed by atoms with Gasteiger partial charge in [-0.05, 0) is 0 Å². The van der Waals surface area contributed by atoms with Gasteiger partial charge in [-0.25, -0.2) is 4.79 Å². The number of hydrogen-bond donors (Lipinski definition) is 2. The van der Waals surface area contributed by atoms with Crippen LogP contribution in [0.1, 0.15) is 12.8 Å². The molecule has 3 nitrogen and oxygen atoms in total. The Kier molecular flexibility index (Phi) is 5.85. The van der Waals surface area contributed by atoms with E-state index in [9.17, 15) is 61.9 Å². The number of primary amides is 1. The summed E-state index contributed by atoms with van der Waals surface area (Å²) in [6.45, 7) is 0. The second-order valence-electron chi connectivity index (χ2n) is 4.61. The van der Waals surface area contributed by atoms with Crippen LogP contribution in [-0.4, -0.2) is 41.9 Å². The van der Waals surface area contributed by atoms with Gasteiger partial charge in [-0.15, -0.1) is 0 Å². The number of hydrogen-bond acceptors (Lipinski definition) is 1. The van der Waals surface area contributed by atoms with Crippen molar-refractivity contribution in [3.63, 3.8) is 0 Å². The van der Waals surface area contributed by atoms with Gasteiger partial charge in [-0.3, -0.25) is 5.32 Å². The molecule has 2 amide bonds. The number of alkyl halides is 13. The Balaban J connectivity index is 5.89. The molecule has 0 unspecified atom stereocenters. The van der Waals surface area contributed by atoms with E-state index in [1.165, 1.54) is 0 Å². The van der Waals surface area contributed by atoms with E-state index in [1.807, 2.05) is 0 Å². The predicted molar refractivity (Wildman–Crippen MR) is 52.7 cm³/mol. The van der Waals surface area contributed by atoms with Crippen LogP contribution in [0.3, 0.4) is 0 Å². The highest BCUT2D eigenvalue weighted by atomic mass is 19.4. The molecule has 0 saturated carbocycles. The number of carbonyl (C=O) groups is 1. The normalized spacial score (nSPS) is 15.2. The molecular weight excluding hydrogens is 399 g/mol. The van der Waals surface area contributed by atoms with Gasteiger partial charge in [0.25, 0.3) is 0 Å². The predicted octanol–water partition coefficient (Wildman–Crippen LogP) is 4.13. The first kappa shape index (κ1) is 23.4. The summed E-state index contributed by atoms with van der Waals surface area (Å²) in [5.41, 5.74) is 3.94. The van der Waals surface area contributed by atoms with Crippen LogP contribution in [0.25, 0.3) is 0 Å². The molecule has 0 rings (SSSR count). The standard InChI is InChI=1S/C9H7F13N2O/c10-4(11,1-2-5(12,13)14)6(15,16)7(17,18)8(19,20)9(21,22)24-3(23)25/h1-2H2,(H3,23,24,25). The fourth-order valence-electron chi connectivity index (χ4n) is 1.31. The highest BCUT2D eigenvalue weighted by Gasteiger charge is 2.86. The summed E-state index contributed by atoms with van der Waals surface area (Å²) in [6.07, 6.45) is -11.5. The minimum Gasteiger partial charge on any atom is -0.352 e. The van der Waals surface area contributed by atoms with Crippen molar-refractivity contribution in [2.24, 2.45) is 5.73 Å². The lowest BCUT2D eigenvalue weighted by molar-refractivity contribution is -0.405. The summed E-state index contributed by atoms with van der Waals surface area (Å²) in [5, 5.41) is -0.337. The summed E-state index contributed by atoms with van der Waals surface area (Å²) in [4.78, 5) is 10.0. The number of halogens is 13. The molecule has 0 aliphatic rings. The van der Waals surface area contributed by atoms with E-state index in [1.54, 1.807) is 0 Å². The van der Waals surface area contributed by atoms with E-state index >= 15 is 0 Å². The lowest BCUT2D eigenvalue weighted by Gasteiger charge is -2.39. The lowest BCUT2D eigenvalue weighted by atomic mass is 9.94. The molecule has 0 heterocycles. The van der Waals surface area contributed by atoms with Crippen molar-refractivity contribution in [3.8, 4) is 0 Å². The zero-order chi connectivity index (χ0) is 20.7. The zero-order valence-corrected chi connectivity index (χ0v) is 11.3. The van der Waals surface area contributed by atoms with Crippen molar-refractivity contribution < 1.29 is 61.9 Å². The summed E-state index contributed by atoms with van der Waals surface area (Å²) < 4.78 is 165. The van der Waals surface area contributed by atoms with Crippen LogP contribution in [-0.2, 0) is 0 Å². The van der Waals surface area contributed by atoms with Gasteiger partial charge in [0.05, 0.1) is 0 Å². The Hall–Kier alpha value is -1.64. The number of rotatable bonds is 7. The van der Waals surface area contributed by atoms with Gasteiger partial charge in [0.15, 0.2) is 0 Å². The van der Waals surface area contributed by atoms with E-state index in [0.717, 1.165) is 0 Å². The van der Waals surface area contributed by atoms with Crippen LogP contribution >= 0.6 is 0 Å². The second kappa shape index (κ2) is 6.26. The average Bonchev–Trinajstić information content (AvgIpc) is 2.33. The zero-order valence-electron chi connectivity index (χ0n) is 11.3. The van der Waals surface area contributed by atoms with E-state index in [2.05, 4.69) is 5.73 Å². The topological polar surface area (TPSA) is 55.1 Å². The first-order valence-electron chi connectivity index (χ1n) is 5.66. The number of nitrogens with one attached hydrogen (secondary N) is 1. The first-order chi connectivity index (χ1) is 10.6. The van der Waals surface area contributed by atoms with Crippen molar-refractivity contribution in [1.29, 1.82) is 0 Å². The van der Waals surface area contributed by atoms with Crippen LogP contribution in [0.5, 0.6) is 0 Å². The van der Waals surface area contributed by atoms with Gasteiger partial charge in [-0.2, -0.15) is 57.1 Å². The Morgan fingerprint density at radius 2 is 1.08 bits per heavy atom. The highest BCUT2D eigenvalue weighted by molar-refractivity contribution is 5.72. The maximum absolute atomic E-state index is 13.1. The van der Waals surface area contributed by atoms with Crippen LogP contribution < -0.4 is 11.1 Å².